The first-order chi connectivity index (χ1) is 13.2. The van der Waals surface area contributed by atoms with Crippen LogP contribution in [0, 0.1) is 24.1 Å². The molecule has 8 heteroatoms. The molecule has 0 aliphatic heterocycles. The lowest BCUT2D eigenvalue weighted by Crippen LogP contribution is -2.34. The Hall–Kier alpha value is -2.95. The molecule has 0 aliphatic rings. The van der Waals surface area contributed by atoms with Gasteiger partial charge in [0.15, 0.2) is 0 Å². The Kier molecular flexibility index (Phi) is 5.36. The van der Waals surface area contributed by atoms with Gasteiger partial charge in [0.05, 0.1) is 16.2 Å². The van der Waals surface area contributed by atoms with E-state index in [4.69, 9.17) is 21.3 Å². The third-order valence-electron chi connectivity index (χ3n) is 4.29. The zero-order valence-electron chi connectivity index (χ0n) is 15.5. The summed E-state index contributed by atoms with van der Waals surface area (Å²) in [7, 11) is 0. The van der Waals surface area contributed by atoms with Crippen LogP contribution in [0.5, 0.6) is 0 Å². The molecular formula is C20H18ClFN4O2. The fraction of sp³-hybridized carbons (Fsp3) is 0.250. The van der Waals surface area contributed by atoms with E-state index in [1.54, 1.807) is 32.9 Å². The van der Waals surface area contributed by atoms with Gasteiger partial charge in [0.1, 0.15) is 17.9 Å². The lowest BCUT2D eigenvalue weighted by Gasteiger charge is -2.29. The largest absolute Gasteiger partial charge is 0.418 e. The maximum absolute atomic E-state index is 13.1. The molecule has 0 spiro atoms. The topological polar surface area (TPSA) is 95.0 Å². The van der Waals surface area contributed by atoms with Crippen LogP contribution in [0.3, 0.4) is 0 Å². The van der Waals surface area contributed by atoms with E-state index < -0.39 is 11.6 Å². The molecule has 0 amide bonds. The van der Waals surface area contributed by atoms with Crippen LogP contribution in [0.1, 0.15) is 36.9 Å². The molecule has 0 bridgehead atoms. The molecule has 6 nitrogen and oxygen atoms in total. The molecule has 28 heavy (non-hydrogen) atoms. The molecule has 0 saturated heterocycles. The van der Waals surface area contributed by atoms with Gasteiger partial charge in [-0.05, 0) is 62.7 Å². The van der Waals surface area contributed by atoms with Crippen molar-refractivity contribution in [3.8, 4) is 17.5 Å². The Morgan fingerprint density at radius 2 is 1.89 bits per heavy atom. The molecule has 3 rings (SSSR count). The number of benzene rings is 2. The SMILES string of the molecule is Cc1c(NC(c2nnc(-c3ccc(F)cc3)o2)C(C)(C)O)ccc(C#N)c1Cl. The summed E-state index contributed by atoms with van der Waals surface area (Å²) in [6, 6.07) is 10.2. The predicted molar refractivity (Wildman–Crippen MR) is 103 cm³/mol. The highest BCUT2D eigenvalue weighted by atomic mass is 35.5. The number of nitrogens with zero attached hydrogens (tertiary/aromatic N) is 3. The highest BCUT2D eigenvalue weighted by molar-refractivity contribution is 6.32. The second-order valence-electron chi connectivity index (χ2n) is 6.89. The number of nitriles is 1. The van der Waals surface area contributed by atoms with E-state index in [9.17, 15) is 9.50 Å². The maximum atomic E-state index is 13.1. The first-order valence-electron chi connectivity index (χ1n) is 8.48. The fourth-order valence-corrected chi connectivity index (χ4v) is 2.89. The number of halogens is 2. The highest BCUT2D eigenvalue weighted by Gasteiger charge is 2.34. The maximum Gasteiger partial charge on any atom is 0.247 e. The monoisotopic (exact) mass is 400 g/mol. The lowest BCUT2D eigenvalue weighted by atomic mass is 9.97. The minimum absolute atomic E-state index is 0.159. The molecule has 0 aliphatic carbocycles. The van der Waals surface area contributed by atoms with Gasteiger partial charge in [-0.3, -0.25) is 0 Å². The molecule has 3 aromatic rings. The van der Waals surface area contributed by atoms with E-state index in [0.717, 1.165) is 0 Å². The number of aromatic nitrogens is 2. The van der Waals surface area contributed by atoms with Crippen molar-refractivity contribution in [2.45, 2.75) is 32.4 Å². The van der Waals surface area contributed by atoms with Gasteiger partial charge in [0.25, 0.3) is 0 Å². The normalized spacial score (nSPS) is 12.5. The second-order valence-corrected chi connectivity index (χ2v) is 7.27. The van der Waals surface area contributed by atoms with Crippen LogP contribution in [-0.2, 0) is 0 Å². The smallest absolute Gasteiger partial charge is 0.247 e. The van der Waals surface area contributed by atoms with Crippen molar-refractivity contribution in [2.24, 2.45) is 0 Å². The highest BCUT2D eigenvalue weighted by Crippen LogP contribution is 2.34. The zero-order chi connectivity index (χ0) is 20.5. The van der Waals surface area contributed by atoms with Gasteiger partial charge < -0.3 is 14.8 Å². The Morgan fingerprint density at radius 1 is 1.21 bits per heavy atom. The van der Waals surface area contributed by atoms with E-state index >= 15 is 0 Å². The van der Waals surface area contributed by atoms with Crippen molar-refractivity contribution >= 4 is 17.3 Å². The molecule has 2 N–H and O–H groups in total. The Labute approximate surface area is 166 Å². The van der Waals surface area contributed by atoms with E-state index in [-0.39, 0.29) is 17.6 Å². The van der Waals surface area contributed by atoms with E-state index in [0.29, 0.717) is 27.4 Å². The van der Waals surface area contributed by atoms with Crippen LogP contribution < -0.4 is 5.32 Å². The van der Waals surface area contributed by atoms with Gasteiger partial charge >= 0.3 is 0 Å². The Balaban J connectivity index is 1.96. The van der Waals surface area contributed by atoms with Crippen molar-refractivity contribution in [3.05, 3.63) is 64.3 Å². The molecule has 0 radical (unpaired) electrons. The van der Waals surface area contributed by atoms with Crippen molar-refractivity contribution in [2.75, 3.05) is 5.32 Å². The molecule has 1 aromatic heterocycles. The predicted octanol–water partition coefficient (Wildman–Crippen LogP) is 4.63. The summed E-state index contributed by atoms with van der Waals surface area (Å²) in [5.74, 6) is 0.0000308. The third-order valence-corrected chi connectivity index (χ3v) is 4.78. The quantitative estimate of drug-likeness (QED) is 0.648. The number of nitrogens with one attached hydrogen (secondary N) is 1. The third kappa shape index (κ3) is 3.98. The van der Waals surface area contributed by atoms with Crippen LogP contribution in [0.15, 0.2) is 40.8 Å². The summed E-state index contributed by atoms with van der Waals surface area (Å²) >= 11 is 6.23. The molecule has 1 heterocycles. The fourth-order valence-electron chi connectivity index (χ4n) is 2.68. The van der Waals surface area contributed by atoms with Gasteiger partial charge in [0, 0.05) is 11.3 Å². The van der Waals surface area contributed by atoms with Crippen molar-refractivity contribution in [1.29, 1.82) is 5.26 Å². The molecule has 0 saturated carbocycles. The van der Waals surface area contributed by atoms with E-state index in [1.807, 2.05) is 6.07 Å². The first kappa shape index (κ1) is 19.8. The van der Waals surface area contributed by atoms with Gasteiger partial charge in [-0.2, -0.15) is 5.26 Å². The first-order valence-corrected chi connectivity index (χ1v) is 8.86. The molecule has 1 atom stereocenters. The van der Waals surface area contributed by atoms with Crippen molar-refractivity contribution in [3.63, 3.8) is 0 Å². The van der Waals surface area contributed by atoms with Crippen LogP contribution in [-0.4, -0.2) is 20.9 Å². The minimum Gasteiger partial charge on any atom is -0.418 e. The summed E-state index contributed by atoms with van der Waals surface area (Å²) in [4.78, 5) is 0. The molecular weight excluding hydrogens is 383 g/mol. The molecule has 0 fully saturated rings. The van der Waals surface area contributed by atoms with Crippen LogP contribution in [0.2, 0.25) is 5.02 Å². The van der Waals surface area contributed by atoms with Crippen LogP contribution >= 0.6 is 11.6 Å². The van der Waals surface area contributed by atoms with Gasteiger partial charge in [0.2, 0.25) is 11.8 Å². The number of hydrogen-bond donors (Lipinski definition) is 2. The number of rotatable bonds is 5. The lowest BCUT2D eigenvalue weighted by molar-refractivity contribution is 0.0502. The molecule has 2 aromatic carbocycles. The number of aliphatic hydroxyl groups is 1. The zero-order valence-corrected chi connectivity index (χ0v) is 16.3. The number of anilines is 1. The molecule has 1 unspecified atom stereocenters. The Morgan fingerprint density at radius 3 is 2.50 bits per heavy atom. The van der Waals surface area contributed by atoms with Gasteiger partial charge in [-0.1, -0.05) is 11.6 Å². The van der Waals surface area contributed by atoms with Gasteiger partial charge in [-0.25, -0.2) is 4.39 Å². The summed E-state index contributed by atoms with van der Waals surface area (Å²) < 4.78 is 18.9. The summed E-state index contributed by atoms with van der Waals surface area (Å²) in [5.41, 5.74) is 0.943. The summed E-state index contributed by atoms with van der Waals surface area (Å²) in [5, 5.41) is 31.3. The summed E-state index contributed by atoms with van der Waals surface area (Å²) in [6.07, 6.45) is 0. The average molecular weight is 401 g/mol. The van der Waals surface area contributed by atoms with Crippen LogP contribution in [0.25, 0.3) is 11.5 Å². The number of hydrogen-bond acceptors (Lipinski definition) is 6. The minimum atomic E-state index is -1.26. The van der Waals surface area contributed by atoms with Crippen molar-refractivity contribution < 1.29 is 13.9 Å². The van der Waals surface area contributed by atoms with Crippen molar-refractivity contribution in [1.82, 2.24) is 10.2 Å². The standard InChI is InChI=1S/C20H18ClFN4O2/c1-11-15(9-6-13(10-23)16(11)21)24-17(20(2,3)27)19-26-25-18(28-19)12-4-7-14(22)8-5-12/h4-9,17,24,27H,1-3H3. The van der Waals surface area contributed by atoms with E-state index in [1.165, 1.54) is 24.3 Å². The Bertz CT molecular complexity index is 1040. The van der Waals surface area contributed by atoms with Gasteiger partial charge in [-0.15, -0.1) is 10.2 Å². The summed E-state index contributed by atoms with van der Waals surface area (Å²) in [6.45, 7) is 4.98. The average Bonchev–Trinajstić information content (AvgIpc) is 3.12. The molecule has 144 valence electrons. The van der Waals surface area contributed by atoms with E-state index in [2.05, 4.69) is 15.5 Å². The van der Waals surface area contributed by atoms with Crippen LogP contribution in [0.4, 0.5) is 10.1 Å². The second kappa shape index (κ2) is 7.58.